The summed E-state index contributed by atoms with van der Waals surface area (Å²) >= 11 is 0. The number of rotatable bonds is 6. The Morgan fingerprint density at radius 3 is 2.60 bits per heavy atom. The molecule has 30 heavy (non-hydrogen) atoms. The molecule has 2 aromatic carbocycles. The summed E-state index contributed by atoms with van der Waals surface area (Å²) in [6.45, 7) is 3.52. The number of hydrogen-bond donors (Lipinski definition) is 1. The van der Waals surface area contributed by atoms with E-state index < -0.39 is 16.1 Å². The van der Waals surface area contributed by atoms with Gasteiger partial charge in [-0.25, -0.2) is 8.42 Å². The number of carbonyl (C=O) groups excluding carboxylic acids is 1. The number of anilines is 1. The minimum Gasteiger partial charge on any atom is -0.476 e. The first-order valence-electron chi connectivity index (χ1n) is 10.2. The summed E-state index contributed by atoms with van der Waals surface area (Å²) in [6, 6.07) is 15.1. The average molecular weight is 430 g/mol. The molecule has 2 aliphatic rings. The van der Waals surface area contributed by atoms with Crippen LogP contribution in [0.15, 0.2) is 48.5 Å². The first-order valence-corrected chi connectivity index (χ1v) is 12.1. The molecule has 1 unspecified atom stereocenters. The lowest BCUT2D eigenvalue weighted by atomic mass is 10.1. The van der Waals surface area contributed by atoms with Crippen molar-refractivity contribution >= 4 is 21.6 Å². The Balaban J connectivity index is 1.41. The Bertz CT molecular complexity index is 1020. The number of sulfonamides is 1. The van der Waals surface area contributed by atoms with E-state index in [4.69, 9.17) is 4.74 Å². The number of benzene rings is 2. The number of ether oxygens (including phenoxy) is 1. The van der Waals surface area contributed by atoms with E-state index in [1.807, 2.05) is 12.1 Å². The zero-order valence-corrected chi connectivity index (χ0v) is 17.9. The highest BCUT2D eigenvalue weighted by Gasteiger charge is 2.34. The van der Waals surface area contributed by atoms with Crippen LogP contribution in [0.3, 0.4) is 0 Å². The molecule has 0 bridgehead atoms. The molecule has 7 nitrogen and oxygen atoms in total. The summed E-state index contributed by atoms with van der Waals surface area (Å²) in [5.74, 6) is 0.0602. The summed E-state index contributed by atoms with van der Waals surface area (Å²) in [5, 5.41) is 2.89. The minimum atomic E-state index is -3.52. The molecule has 1 N–H and O–H groups in total. The van der Waals surface area contributed by atoms with Gasteiger partial charge in [-0.15, -0.1) is 0 Å². The van der Waals surface area contributed by atoms with Gasteiger partial charge >= 0.3 is 0 Å². The van der Waals surface area contributed by atoms with Crippen LogP contribution in [0.2, 0.25) is 0 Å². The van der Waals surface area contributed by atoms with E-state index in [9.17, 15) is 13.2 Å². The molecule has 0 aliphatic carbocycles. The molecule has 0 radical (unpaired) electrons. The van der Waals surface area contributed by atoms with Crippen molar-refractivity contribution in [3.8, 4) is 5.75 Å². The van der Waals surface area contributed by atoms with Gasteiger partial charge in [0, 0.05) is 13.1 Å². The molecule has 160 valence electrons. The maximum atomic E-state index is 12.8. The summed E-state index contributed by atoms with van der Waals surface area (Å²) in [7, 11) is -3.52. The molecule has 0 spiro atoms. The number of hydrogen-bond acceptors (Lipinski definition) is 5. The smallest absolute Gasteiger partial charge is 0.263 e. The topological polar surface area (TPSA) is 79.0 Å². The molecule has 4 rings (SSSR count). The molecule has 2 heterocycles. The summed E-state index contributed by atoms with van der Waals surface area (Å²) < 4.78 is 31.4. The molecular formula is C22H27N3O4S. The van der Waals surface area contributed by atoms with Crippen molar-refractivity contribution in [3.05, 3.63) is 59.7 Å². The predicted molar refractivity (Wildman–Crippen MR) is 116 cm³/mol. The van der Waals surface area contributed by atoms with Crippen molar-refractivity contribution in [3.63, 3.8) is 0 Å². The first-order chi connectivity index (χ1) is 14.4. The van der Waals surface area contributed by atoms with Gasteiger partial charge in [-0.05, 0) is 49.2 Å². The standard InChI is InChI=1S/C22H27N3O4S/c1-30(27,28)25-16-21(29-20-10-3-2-9-19(20)25)22(26)23-14-17-7-6-8-18(13-17)15-24-11-4-5-12-24/h2-3,6-10,13,21H,4-5,11-12,14-16H2,1H3,(H,23,26). The van der Waals surface area contributed by atoms with Crippen LogP contribution in [0.1, 0.15) is 24.0 Å². The van der Waals surface area contributed by atoms with Crippen molar-refractivity contribution in [1.82, 2.24) is 10.2 Å². The second-order valence-electron chi connectivity index (χ2n) is 7.89. The van der Waals surface area contributed by atoms with Crippen LogP contribution in [0, 0.1) is 0 Å². The highest BCUT2D eigenvalue weighted by Crippen LogP contribution is 2.34. The molecule has 2 aromatic rings. The average Bonchev–Trinajstić information content (AvgIpc) is 3.23. The third-order valence-electron chi connectivity index (χ3n) is 5.49. The van der Waals surface area contributed by atoms with Crippen LogP contribution < -0.4 is 14.4 Å². The van der Waals surface area contributed by atoms with Gasteiger partial charge < -0.3 is 10.1 Å². The van der Waals surface area contributed by atoms with E-state index in [0.29, 0.717) is 18.0 Å². The fourth-order valence-electron chi connectivity index (χ4n) is 3.99. The van der Waals surface area contributed by atoms with Gasteiger partial charge in [0.25, 0.3) is 5.91 Å². The lowest BCUT2D eigenvalue weighted by Gasteiger charge is -2.33. The van der Waals surface area contributed by atoms with E-state index in [1.165, 1.54) is 22.7 Å². The number of nitrogens with one attached hydrogen (secondary N) is 1. The fourth-order valence-corrected chi connectivity index (χ4v) is 4.91. The van der Waals surface area contributed by atoms with Crippen molar-refractivity contribution in [2.24, 2.45) is 0 Å². The predicted octanol–water partition coefficient (Wildman–Crippen LogP) is 2.13. The normalized spacial score (nSPS) is 19.2. The maximum absolute atomic E-state index is 12.8. The van der Waals surface area contributed by atoms with E-state index in [2.05, 4.69) is 22.3 Å². The number of fused-ring (bicyclic) bond motifs is 1. The van der Waals surface area contributed by atoms with Crippen LogP contribution in [0.4, 0.5) is 5.69 Å². The fraction of sp³-hybridized carbons (Fsp3) is 0.409. The van der Waals surface area contributed by atoms with Crippen LogP contribution >= 0.6 is 0 Å². The number of carbonyl (C=O) groups is 1. The number of para-hydroxylation sites is 2. The van der Waals surface area contributed by atoms with Crippen LogP contribution in [-0.2, 0) is 27.9 Å². The van der Waals surface area contributed by atoms with Gasteiger partial charge in [0.2, 0.25) is 10.0 Å². The number of nitrogens with zero attached hydrogens (tertiary/aromatic N) is 2. The Kier molecular flexibility index (Phi) is 5.97. The maximum Gasteiger partial charge on any atom is 0.263 e. The highest BCUT2D eigenvalue weighted by atomic mass is 32.2. The first kappa shape index (κ1) is 20.7. The van der Waals surface area contributed by atoms with Gasteiger partial charge in [0.15, 0.2) is 6.10 Å². The lowest BCUT2D eigenvalue weighted by Crippen LogP contribution is -2.50. The van der Waals surface area contributed by atoms with Gasteiger partial charge in [-0.2, -0.15) is 0 Å². The molecular weight excluding hydrogens is 402 g/mol. The van der Waals surface area contributed by atoms with Gasteiger partial charge in [-0.1, -0.05) is 36.4 Å². The van der Waals surface area contributed by atoms with Crippen LogP contribution in [0.25, 0.3) is 0 Å². The van der Waals surface area contributed by atoms with Crippen molar-refractivity contribution in [2.75, 3.05) is 30.2 Å². The Morgan fingerprint density at radius 2 is 1.83 bits per heavy atom. The zero-order valence-electron chi connectivity index (χ0n) is 17.1. The monoisotopic (exact) mass is 429 g/mol. The summed E-state index contributed by atoms with van der Waals surface area (Å²) in [6.07, 6.45) is 2.74. The molecule has 1 saturated heterocycles. The van der Waals surface area contributed by atoms with E-state index in [-0.39, 0.29) is 12.5 Å². The minimum absolute atomic E-state index is 0.0450. The van der Waals surface area contributed by atoms with Crippen molar-refractivity contribution in [1.29, 1.82) is 0 Å². The Labute approximate surface area is 177 Å². The molecule has 2 aliphatic heterocycles. The number of amides is 1. The van der Waals surface area contributed by atoms with Gasteiger partial charge in [0.1, 0.15) is 5.75 Å². The second-order valence-corrected chi connectivity index (χ2v) is 9.80. The largest absolute Gasteiger partial charge is 0.476 e. The summed E-state index contributed by atoms with van der Waals surface area (Å²) in [4.78, 5) is 15.2. The molecule has 1 fully saturated rings. The molecule has 0 aromatic heterocycles. The molecule has 1 amide bonds. The quantitative estimate of drug-likeness (QED) is 0.761. The summed E-state index contributed by atoms with van der Waals surface area (Å²) in [5.41, 5.74) is 2.70. The Hall–Kier alpha value is -2.58. The van der Waals surface area contributed by atoms with Crippen molar-refractivity contribution < 1.29 is 17.9 Å². The van der Waals surface area contributed by atoms with Crippen molar-refractivity contribution in [2.45, 2.75) is 32.0 Å². The highest BCUT2D eigenvalue weighted by molar-refractivity contribution is 7.92. The van der Waals surface area contributed by atoms with Gasteiger partial charge in [-0.3, -0.25) is 14.0 Å². The lowest BCUT2D eigenvalue weighted by molar-refractivity contribution is -0.127. The third kappa shape index (κ3) is 4.76. The second kappa shape index (κ2) is 8.65. The van der Waals surface area contributed by atoms with Gasteiger partial charge in [0.05, 0.1) is 18.5 Å². The molecule has 0 saturated carbocycles. The SMILES string of the molecule is CS(=O)(=O)N1CC(C(=O)NCc2cccc(CN3CCCC3)c2)Oc2ccccc21. The van der Waals surface area contributed by atoms with E-state index in [1.54, 1.807) is 24.3 Å². The number of likely N-dealkylation sites (tertiary alicyclic amines) is 1. The van der Waals surface area contributed by atoms with Crippen LogP contribution in [-0.4, -0.2) is 51.2 Å². The molecule has 1 atom stereocenters. The third-order valence-corrected chi connectivity index (χ3v) is 6.64. The van der Waals surface area contributed by atoms with E-state index in [0.717, 1.165) is 31.5 Å². The zero-order chi connectivity index (χ0) is 21.1. The van der Waals surface area contributed by atoms with E-state index >= 15 is 0 Å². The molecule has 8 heteroatoms. The Morgan fingerprint density at radius 1 is 1.10 bits per heavy atom. The van der Waals surface area contributed by atoms with Crippen LogP contribution in [0.5, 0.6) is 5.75 Å².